The molecule has 2 aliphatic heterocycles. The van der Waals surface area contributed by atoms with E-state index in [1.807, 2.05) is 11.8 Å². The molecular weight excluding hydrogens is 256 g/mol. The number of fused-ring (bicyclic) bond motifs is 2. The van der Waals surface area contributed by atoms with Gasteiger partial charge in [-0.05, 0) is 37.8 Å². The summed E-state index contributed by atoms with van der Waals surface area (Å²) in [5, 5.41) is 11.5. The second-order valence-corrected chi connectivity index (χ2v) is 6.83. The number of hydrogen-bond donors (Lipinski definition) is 1. The normalized spacial score (nSPS) is 35.5. The van der Waals surface area contributed by atoms with E-state index in [1.165, 1.54) is 12.5 Å². The van der Waals surface area contributed by atoms with Gasteiger partial charge in [0.1, 0.15) is 0 Å². The van der Waals surface area contributed by atoms with Gasteiger partial charge in [-0.1, -0.05) is 6.42 Å². The Morgan fingerprint density at radius 2 is 1.89 bits per heavy atom. The third-order valence-corrected chi connectivity index (χ3v) is 5.46. The monoisotopic (exact) mass is 271 g/mol. The average Bonchev–Trinajstić information content (AvgIpc) is 2.27. The fourth-order valence-electron chi connectivity index (χ4n) is 3.10. The predicted molar refractivity (Wildman–Crippen MR) is 66.3 cm³/mol. The largest absolute Gasteiger partial charge is 0.385 e. The fourth-order valence-corrected chi connectivity index (χ4v) is 4.99. The van der Waals surface area contributed by atoms with E-state index in [4.69, 9.17) is 0 Å². The molecule has 2 atom stereocenters. The van der Waals surface area contributed by atoms with Crippen LogP contribution in [-0.2, 0) is 5.60 Å². The molecule has 0 spiro atoms. The lowest BCUT2D eigenvalue weighted by Gasteiger charge is -2.43. The molecule has 2 bridgehead atoms. The van der Waals surface area contributed by atoms with Gasteiger partial charge in [0.2, 0.25) is 11.9 Å². The van der Waals surface area contributed by atoms with Gasteiger partial charge in [-0.25, -0.2) is 0 Å². The highest BCUT2D eigenvalue weighted by atomic mass is 32.2. The molecule has 2 saturated heterocycles. The number of hydrogen-bond acceptors (Lipinski definition) is 3. The minimum absolute atomic E-state index is 0.154. The number of thioether (sulfide) groups is 1. The van der Waals surface area contributed by atoms with Gasteiger partial charge < -0.3 is 5.11 Å². The molecule has 2 nitrogen and oxygen atoms in total. The van der Waals surface area contributed by atoms with Crippen LogP contribution in [0.15, 0.2) is 12.1 Å². The summed E-state index contributed by atoms with van der Waals surface area (Å²) in [6, 6.07) is 2.46. The topological polar surface area (TPSA) is 33.1 Å². The van der Waals surface area contributed by atoms with Crippen molar-refractivity contribution in [2.75, 3.05) is 0 Å². The molecule has 0 saturated carbocycles. The first-order chi connectivity index (χ1) is 8.57. The SMILES string of the molecule is OC1(c2ccc(F)nc2F)CC2CCCC(C1)S2. The van der Waals surface area contributed by atoms with Gasteiger partial charge >= 0.3 is 0 Å². The van der Waals surface area contributed by atoms with Crippen LogP contribution in [0.25, 0.3) is 0 Å². The van der Waals surface area contributed by atoms with E-state index >= 15 is 0 Å². The molecule has 3 rings (SSSR count). The van der Waals surface area contributed by atoms with E-state index in [9.17, 15) is 13.9 Å². The number of nitrogens with zero attached hydrogens (tertiary/aromatic N) is 1. The van der Waals surface area contributed by atoms with Gasteiger partial charge in [0, 0.05) is 16.1 Å². The fraction of sp³-hybridized carbons (Fsp3) is 0.615. The van der Waals surface area contributed by atoms with Crippen molar-refractivity contribution in [2.45, 2.75) is 48.2 Å². The average molecular weight is 271 g/mol. The number of rotatable bonds is 1. The molecule has 2 unspecified atom stereocenters. The first kappa shape index (κ1) is 12.4. The summed E-state index contributed by atoms with van der Waals surface area (Å²) in [5.41, 5.74) is -1.02. The molecular formula is C13H15F2NOS. The number of pyridine rings is 1. The lowest BCUT2D eigenvalue weighted by Crippen LogP contribution is -2.41. The molecule has 2 fully saturated rings. The first-order valence-corrected chi connectivity index (χ1v) is 7.21. The summed E-state index contributed by atoms with van der Waals surface area (Å²) in [6.07, 6.45) is 4.40. The van der Waals surface area contributed by atoms with Crippen molar-refractivity contribution in [3.05, 3.63) is 29.6 Å². The van der Waals surface area contributed by atoms with Crippen molar-refractivity contribution in [1.29, 1.82) is 0 Å². The van der Waals surface area contributed by atoms with Crippen LogP contribution < -0.4 is 0 Å². The summed E-state index contributed by atoms with van der Waals surface area (Å²) in [7, 11) is 0. The molecule has 1 N–H and O–H groups in total. The molecule has 3 heterocycles. The first-order valence-electron chi connectivity index (χ1n) is 6.27. The third kappa shape index (κ3) is 2.14. The molecule has 98 valence electrons. The summed E-state index contributed by atoms with van der Waals surface area (Å²) in [4.78, 5) is 3.19. The molecule has 1 aromatic heterocycles. The predicted octanol–water partition coefficient (Wildman–Crippen LogP) is 3.00. The Labute approximate surface area is 109 Å². The van der Waals surface area contributed by atoms with Crippen LogP contribution in [0.4, 0.5) is 8.78 Å². The van der Waals surface area contributed by atoms with Crippen molar-refractivity contribution in [3.8, 4) is 0 Å². The van der Waals surface area contributed by atoms with E-state index < -0.39 is 17.5 Å². The van der Waals surface area contributed by atoms with Gasteiger partial charge in [0.15, 0.2) is 0 Å². The van der Waals surface area contributed by atoms with E-state index in [2.05, 4.69) is 4.98 Å². The van der Waals surface area contributed by atoms with Gasteiger partial charge in [0.05, 0.1) is 5.60 Å². The second-order valence-electron chi connectivity index (χ2n) is 5.22. The molecule has 0 amide bonds. The van der Waals surface area contributed by atoms with Crippen molar-refractivity contribution in [1.82, 2.24) is 4.98 Å². The van der Waals surface area contributed by atoms with E-state index in [0.717, 1.165) is 18.9 Å². The van der Waals surface area contributed by atoms with Crippen LogP contribution in [0.3, 0.4) is 0 Å². The molecule has 0 aliphatic carbocycles. The minimum atomic E-state index is -1.17. The zero-order valence-electron chi connectivity index (χ0n) is 9.90. The summed E-state index contributed by atoms with van der Waals surface area (Å²) >= 11 is 1.90. The van der Waals surface area contributed by atoms with Crippen LogP contribution in [0.1, 0.15) is 37.7 Å². The molecule has 0 radical (unpaired) electrons. The molecule has 2 aliphatic rings. The Kier molecular flexibility index (Phi) is 3.06. The van der Waals surface area contributed by atoms with Crippen LogP contribution >= 0.6 is 11.8 Å². The van der Waals surface area contributed by atoms with Gasteiger partial charge in [0.25, 0.3) is 0 Å². The highest BCUT2D eigenvalue weighted by molar-refractivity contribution is 8.00. The Morgan fingerprint density at radius 1 is 1.22 bits per heavy atom. The van der Waals surface area contributed by atoms with Crippen molar-refractivity contribution < 1.29 is 13.9 Å². The number of aliphatic hydroxyl groups is 1. The molecule has 1 aromatic rings. The van der Waals surface area contributed by atoms with Gasteiger partial charge in [-0.3, -0.25) is 0 Å². The van der Waals surface area contributed by atoms with Crippen molar-refractivity contribution >= 4 is 11.8 Å². The van der Waals surface area contributed by atoms with E-state index in [-0.39, 0.29) is 5.56 Å². The maximum Gasteiger partial charge on any atom is 0.221 e. The number of aromatic nitrogens is 1. The highest BCUT2D eigenvalue weighted by Crippen LogP contribution is 2.49. The quantitative estimate of drug-likeness (QED) is 0.797. The molecule has 5 heteroatoms. The lowest BCUT2D eigenvalue weighted by molar-refractivity contribution is 0.00407. The van der Waals surface area contributed by atoms with Crippen LogP contribution in [-0.4, -0.2) is 20.6 Å². The van der Waals surface area contributed by atoms with E-state index in [0.29, 0.717) is 23.3 Å². The zero-order valence-corrected chi connectivity index (χ0v) is 10.7. The maximum absolute atomic E-state index is 13.7. The standard InChI is InChI=1S/C13H15F2NOS/c14-11-5-4-10(12(15)16-11)13(17)6-8-2-1-3-9(7-13)18-8/h4-5,8-9,17H,1-3,6-7H2. The minimum Gasteiger partial charge on any atom is -0.385 e. The number of halogens is 2. The second kappa shape index (κ2) is 4.46. The molecule has 0 aromatic carbocycles. The summed E-state index contributed by atoms with van der Waals surface area (Å²) < 4.78 is 26.6. The van der Waals surface area contributed by atoms with Crippen LogP contribution in [0.5, 0.6) is 0 Å². The summed E-state index contributed by atoms with van der Waals surface area (Å²) in [5.74, 6) is -1.72. The smallest absolute Gasteiger partial charge is 0.221 e. The van der Waals surface area contributed by atoms with Crippen molar-refractivity contribution in [2.24, 2.45) is 0 Å². The summed E-state index contributed by atoms with van der Waals surface area (Å²) in [6.45, 7) is 0. The Hall–Kier alpha value is -0.680. The Balaban J connectivity index is 1.94. The van der Waals surface area contributed by atoms with Crippen LogP contribution in [0.2, 0.25) is 0 Å². The third-order valence-electron chi connectivity index (χ3n) is 3.88. The van der Waals surface area contributed by atoms with Crippen molar-refractivity contribution in [3.63, 3.8) is 0 Å². The molecule has 18 heavy (non-hydrogen) atoms. The van der Waals surface area contributed by atoms with E-state index in [1.54, 1.807) is 0 Å². The maximum atomic E-state index is 13.7. The Bertz CT molecular complexity index is 456. The van der Waals surface area contributed by atoms with Gasteiger partial charge in [-0.15, -0.1) is 0 Å². The van der Waals surface area contributed by atoms with Gasteiger partial charge in [-0.2, -0.15) is 25.5 Å². The Morgan fingerprint density at radius 3 is 2.50 bits per heavy atom. The highest BCUT2D eigenvalue weighted by Gasteiger charge is 2.44. The lowest BCUT2D eigenvalue weighted by atomic mass is 9.81. The zero-order chi connectivity index (χ0) is 12.8. The van der Waals surface area contributed by atoms with Crippen LogP contribution in [0, 0.1) is 11.9 Å².